The summed E-state index contributed by atoms with van der Waals surface area (Å²) >= 11 is 5.94. The van der Waals surface area contributed by atoms with E-state index in [2.05, 4.69) is 4.98 Å². The summed E-state index contributed by atoms with van der Waals surface area (Å²) < 4.78 is 11.2. The predicted molar refractivity (Wildman–Crippen MR) is 83.9 cm³/mol. The highest BCUT2D eigenvalue weighted by Crippen LogP contribution is 2.27. The summed E-state index contributed by atoms with van der Waals surface area (Å²) in [4.78, 5) is 4.03. The lowest BCUT2D eigenvalue weighted by atomic mass is 10.0. The van der Waals surface area contributed by atoms with E-state index in [-0.39, 0.29) is 12.1 Å². The molecule has 112 valence electrons. The van der Waals surface area contributed by atoms with Gasteiger partial charge in [-0.05, 0) is 24.1 Å². The van der Waals surface area contributed by atoms with Crippen LogP contribution in [0.25, 0.3) is 0 Å². The number of benzene rings is 1. The van der Waals surface area contributed by atoms with Crippen molar-refractivity contribution in [3.63, 3.8) is 0 Å². The molecule has 2 N–H and O–H groups in total. The van der Waals surface area contributed by atoms with Crippen molar-refractivity contribution < 1.29 is 9.47 Å². The zero-order chi connectivity index (χ0) is 15.2. The smallest absolute Gasteiger partial charge is 0.140 e. The van der Waals surface area contributed by atoms with Gasteiger partial charge in [0.1, 0.15) is 17.6 Å². The monoisotopic (exact) mass is 306 g/mol. The SMILES string of the molecule is CCC(N)C(Oc1cncc(Cl)c1)c1ccc(OC)cc1. The third-order valence-electron chi connectivity index (χ3n) is 3.25. The third-order valence-corrected chi connectivity index (χ3v) is 3.45. The molecule has 0 bridgehead atoms. The van der Waals surface area contributed by atoms with Gasteiger partial charge < -0.3 is 15.2 Å². The van der Waals surface area contributed by atoms with Crippen molar-refractivity contribution >= 4 is 11.6 Å². The minimum absolute atomic E-state index is 0.127. The number of ether oxygens (including phenoxy) is 2. The van der Waals surface area contributed by atoms with Gasteiger partial charge >= 0.3 is 0 Å². The molecular formula is C16H19ClN2O2. The molecule has 0 aliphatic carbocycles. The van der Waals surface area contributed by atoms with Crippen LogP contribution in [0.1, 0.15) is 25.0 Å². The minimum atomic E-state index is -0.263. The maximum absolute atomic E-state index is 6.20. The molecular weight excluding hydrogens is 288 g/mol. The molecule has 5 heteroatoms. The summed E-state index contributed by atoms with van der Waals surface area (Å²) in [6.07, 6.45) is 3.73. The van der Waals surface area contributed by atoms with Gasteiger partial charge in [0.2, 0.25) is 0 Å². The second kappa shape index (κ2) is 7.29. The van der Waals surface area contributed by atoms with Gasteiger partial charge in [0.05, 0.1) is 18.3 Å². The van der Waals surface area contributed by atoms with Gasteiger partial charge in [0.25, 0.3) is 0 Å². The van der Waals surface area contributed by atoms with Crippen LogP contribution in [0.3, 0.4) is 0 Å². The first kappa shape index (κ1) is 15.6. The quantitative estimate of drug-likeness (QED) is 0.886. The number of halogens is 1. The van der Waals surface area contributed by atoms with E-state index in [1.807, 2.05) is 31.2 Å². The van der Waals surface area contributed by atoms with E-state index in [1.165, 1.54) is 0 Å². The minimum Gasteiger partial charge on any atom is -0.497 e. The molecule has 0 saturated carbocycles. The predicted octanol–water partition coefficient (Wildman–Crippen LogP) is 3.60. The van der Waals surface area contributed by atoms with Crippen LogP contribution in [0.15, 0.2) is 42.7 Å². The summed E-state index contributed by atoms with van der Waals surface area (Å²) in [6.45, 7) is 2.03. The second-order valence-electron chi connectivity index (χ2n) is 4.72. The molecule has 2 unspecified atom stereocenters. The van der Waals surface area contributed by atoms with Crippen LogP contribution in [0.2, 0.25) is 5.02 Å². The van der Waals surface area contributed by atoms with Gasteiger partial charge in [0.15, 0.2) is 0 Å². The molecule has 4 nitrogen and oxygen atoms in total. The molecule has 0 fully saturated rings. The van der Waals surface area contributed by atoms with Gasteiger partial charge in [0, 0.05) is 18.3 Å². The van der Waals surface area contributed by atoms with Crippen LogP contribution in [-0.4, -0.2) is 18.1 Å². The first-order valence-electron chi connectivity index (χ1n) is 6.80. The first-order chi connectivity index (χ1) is 10.1. The first-order valence-corrected chi connectivity index (χ1v) is 7.18. The Hall–Kier alpha value is -1.78. The third kappa shape index (κ3) is 4.09. The van der Waals surface area contributed by atoms with E-state index in [4.69, 9.17) is 26.8 Å². The molecule has 0 spiro atoms. The van der Waals surface area contributed by atoms with Gasteiger partial charge in [-0.2, -0.15) is 0 Å². The zero-order valence-electron chi connectivity index (χ0n) is 12.1. The van der Waals surface area contributed by atoms with E-state index in [0.29, 0.717) is 10.8 Å². The van der Waals surface area contributed by atoms with Crippen LogP contribution >= 0.6 is 11.6 Å². The molecule has 1 aromatic carbocycles. The van der Waals surface area contributed by atoms with Crippen molar-refractivity contribution in [2.75, 3.05) is 7.11 Å². The number of rotatable bonds is 6. The van der Waals surface area contributed by atoms with Crippen LogP contribution in [-0.2, 0) is 0 Å². The summed E-state index contributed by atoms with van der Waals surface area (Å²) in [5.41, 5.74) is 7.19. The molecule has 0 saturated heterocycles. The van der Waals surface area contributed by atoms with E-state index < -0.39 is 0 Å². The van der Waals surface area contributed by atoms with E-state index >= 15 is 0 Å². The standard InChI is InChI=1S/C16H19ClN2O2/c1-3-15(18)16(11-4-6-13(20-2)7-5-11)21-14-8-12(17)9-19-10-14/h4-10,15-16H,3,18H2,1-2H3. The van der Waals surface area contributed by atoms with Crippen molar-refractivity contribution in [1.29, 1.82) is 0 Å². The number of hydrogen-bond donors (Lipinski definition) is 1. The topological polar surface area (TPSA) is 57.4 Å². The van der Waals surface area contributed by atoms with Crippen molar-refractivity contribution in [3.8, 4) is 11.5 Å². The lowest BCUT2D eigenvalue weighted by molar-refractivity contribution is 0.170. The van der Waals surface area contributed by atoms with Crippen molar-refractivity contribution in [2.24, 2.45) is 5.73 Å². The Morgan fingerprint density at radius 3 is 2.48 bits per heavy atom. The molecule has 21 heavy (non-hydrogen) atoms. The lowest BCUT2D eigenvalue weighted by Crippen LogP contribution is -2.31. The maximum Gasteiger partial charge on any atom is 0.140 e. The lowest BCUT2D eigenvalue weighted by Gasteiger charge is -2.24. The summed E-state index contributed by atoms with van der Waals surface area (Å²) in [5, 5.41) is 0.533. The maximum atomic E-state index is 6.20. The van der Waals surface area contributed by atoms with Gasteiger partial charge in [-0.1, -0.05) is 30.7 Å². The highest BCUT2D eigenvalue weighted by Gasteiger charge is 2.21. The van der Waals surface area contributed by atoms with E-state index in [0.717, 1.165) is 17.7 Å². The number of hydrogen-bond acceptors (Lipinski definition) is 4. The number of methoxy groups -OCH3 is 1. The van der Waals surface area contributed by atoms with E-state index in [9.17, 15) is 0 Å². The highest BCUT2D eigenvalue weighted by atomic mass is 35.5. The Morgan fingerprint density at radius 2 is 1.90 bits per heavy atom. The summed E-state index contributed by atoms with van der Waals surface area (Å²) in [7, 11) is 1.64. The average Bonchev–Trinajstić information content (AvgIpc) is 2.52. The Balaban J connectivity index is 2.25. The molecule has 2 aromatic rings. The molecule has 0 aliphatic rings. The van der Waals surface area contributed by atoms with Gasteiger partial charge in [-0.25, -0.2) is 0 Å². The largest absolute Gasteiger partial charge is 0.497 e. The molecule has 1 heterocycles. The fourth-order valence-electron chi connectivity index (χ4n) is 2.01. The molecule has 2 rings (SSSR count). The Bertz CT molecular complexity index is 575. The van der Waals surface area contributed by atoms with Gasteiger partial charge in [-0.3, -0.25) is 4.98 Å². The zero-order valence-corrected chi connectivity index (χ0v) is 12.9. The molecule has 0 radical (unpaired) electrons. The Kier molecular flexibility index (Phi) is 5.42. The number of pyridine rings is 1. The number of nitrogens with two attached hydrogens (primary N) is 1. The fraction of sp³-hybridized carbons (Fsp3) is 0.312. The van der Waals surface area contributed by atoms with Crippen LogP contribution in [0.5, 0.6) is 11.5 Å². The van der Waals surface area contributed by atoms with Crippen LogP contribution in [0, 0.1) is 0 Å². The summed E-state index contributed by atoms with van der Waals surface area (Å²) in [5.74, 6) is 1.40. The van der Waals surface area contributed by atoms with Gasteiger partial charge in [-0.15, -0.1) is 0 Å². The molecule has 0 amide bonds. The number of nitrogens with zero attached hydrogens (tertiary/aromatic N) is 1. The Morgan fingerprint density at radius 1 is 1.19 bits per heavy atom. The van der Waals surface area contributed by atoms with Crippen molar-refractivity contribution in [1.82, 2.24) is 4.98 Å². The molecule has 0 aliphatic heterocycles. The highest BCUT2D eigenvalue weighted by molar-refractivity contribution is 6.30. The Labute approximate surface area is 129 Å². The van der Waals surface area contributed by atoms with E-state index in [1.54, 1.807) is 25.6 Å². The fourth-order valence-corrected chi connectivity index (χ4v) is 2.18. The second-order valence-corrected chi connectivity index (χ2v) is 5.16. The van der Waals surface area contributed by atoms with Crippen LogP contribution in [0.4, 0.5) is 0 Å². The normalized spacial score (nSPS) is 13.5. The molecule has 2 atom stereocenters. The molecule has 1 aromatic heterocycles. The average molecular weight is 307 g/mol. The van der Waals surface area contributed by atoms with Crippen molar-refractivity contribution in [2.45, 2.75) is 25.5 Å². The number of aromatic nitrogens is 1. The summed E-state index contributed by atoms with van der Waals surface area (Å²) in [6, 6.07) is 9.30. The van der Waals surface area contributed by atoms with Crippen LogP contribution < -0.4 is 15.2 Å². The van der Waals surface area contributed by atoms with Crippen molar-refractivity contribution in [3.05, 3.63) is 53.3 Å².